The van der Waals surface area contributed by atoms with Crippen LogP contribution in [-0.2, 0) is 4.79 Å². The highest BCUT2D eigenvalue weighted by Gasteiger charge is 2.28. The van der Waals surface area contributed by atoms with E-state index in [4.69, 9.17) is 0 Å². The van der Waals surface area contributed by atoms with E-state index < -0.39 is 0 Å². The largest absolute Gasteiger partial charge is 0.353 e. The molecule has 2 N–H and O–H groups in total. The molecule has 2 aromatic rings. The van der Waals surface area contributed by atoms with Gasteiger partial charge in [-0.3, -0.25) is 14.8 Å². The predicted octanol–water partition coefficient (Wildman–Crippen LogP) is 2.56. The molecule has 0 unspecified atom stereocenters. The molecule has 0 radical (unpaired) electrons. The second-order valence-corrected chi connectivity index (χ2v) is 7.06. The molecule has 2 heterocycles. The van der Waals surface area contributed by atoms with Crippen molar-refractivity contribution in [3.05, 3.63) is 36.2 Å². The van der Waals surface area contributed by atoms with Crippen LogP contribution in [0.1, 0.15) is 45.4 Å². The van der Waals surface area contributed by atoms with E-state index >= 15 is 0 Å². The zero-order chi connectivity index (χ0) is 17.8. The number of nitrogens with zero attached hydrogens (tertiary/aromatic N) is 3. The molecule has 134 valence electrons. The molecular formula is C19H27N5O. The van der Waals surface area contributed by atoms with E-state index in [0.717, 1.165) is 43.1 Å². The van der Waals surface area contributed by atoms with Crippen molar-refractivity contribution in [3.8, 4) is 11.4 Å². The Bertz CT molecular complexity index is 689. The lowest BCUT2D eigenvalue weighted by Gasteiger charge is -2.34. The number of aromatic nitrogens is 3. The average Bonchev–Trinajstić information content (AvgIpc) is 3.11. The predicted molar refractivity (Wildman–Crippen MR) is 98.1 cm³/mol. The molecule has 1 atom stereocenters. The van der Waals surface area contributed by atoms with Crippen LogP contribution in [0.3, 0.4) is 0 Å². The highest BCUT2D eigenvalue weighted by Crippen LogP contribution is 2.27. The maximum atomic E-state index is 12.2. The maximum absolute atomic E-state index is 12.2. The lowest BCUT2D eigenvalue weighted by Crippen LogP contribution is -2.49. The lowest BCUT2D eigenvalue weighted by atomic mass is 9.95. The molecule has 3 rings (SSSR count). The SMILES string of the molecule is CC(C)NC(=O)[C@H](C)N1CCC(c2nc(-c3ccccc3)n[nH]2)CC1. The van der Waals surface area contributed by atoms with Gasteiger partial charge < -0.3 is 5.32 Å². The fourth-order valence-electron chi connectivity index (χ4n) is 3.30. The van der Waals surface area contributed by atoms with Gasteiger partial charge in [-0.2, -0.15) is 5.10 Å². The van der Waals surface area contributed by atoms with Crippen LogP contribution in [0.15, 0.2) is 30.3 Å². The zero-order valence-electron chi connectivity index (χ0n) is 15.2. The van der Waals surface area contributed by atoms with Crippen molar-refractivity contribution in [2.24, 2.45) is 0 Å². The molecule has 0 bridgehead atoms. The summed E-state index contributed by atoms with van der Waals surface area (Å²) in [5, 5.41) is 10.5. The van der Waals surface area contributed by atoms with Gasteiger partial charge in [0.15, 0.2) is 5.82 Å². The molecule has 0 saturated carbocycles. The van der Waals surface area contributed by atoms with Gasteiger partial charge in [-0.1, -0.05) is 30.3 Å². The van der Waals surface area contributed by atoms with Crippen molar-refractivity contribution in [3.63, 3.8) is 0 Å². The second kappa shape index (κ2) is 7.78. The molecule has 0 aliphatic carbocycles. The Kier molecular flexibility index (Phi) is 5.48. The van der Waals surface area contributed by atoms with E-state index in [1.54, 1.807) is 0 Å². The van der Waals surface area contributed by atoms with Crippen molar-refractivity contribution in [2.45, 2.75) is 51.6 Å². The molecule has 1 amide bonds. The minimum atomic E-state index is -0.0852. The molecule has 1 aromatic heterocycles. The Morgan fingerprint density at radius 1 is 1.20 bits per heavy atom. The normalized spacial score (nSPS) is 17.6. The number of nitrogens with one attached hydrogen (secondary N) is 2. The molecule has 1 aromatic carbocycles. The van der Waals surface area contributed by atoms with Crippen molar-refractivity contribution < 1.29 is 4.79 Å². The Balaban J connectivity index is 1.58. The van der Waals surface area contributed by atoms with E-state index in [9.17, 15) is 4.79 Å². The second-order valence-electron chi connectivity index (χ2n) is 7.06. The van der Waals surface area contributed by atoms with E-state index in [-0.39, 0.29) is 18.0 Å². The van der Waals surface area contributed by atoms with Gasteiger partial charge in [-0.15, -0.1) is 0 Å². The highest BCUT2D eigenvalue weighted by molar-refractivity contribution is 5.81. The third-order valence-electron chi connectivity index (χ3n) is 4.81. The summed E-state index contributed by atoms with van der Waals surface area (Å²) in [4.78, 5) is 19.1. The van der Waals surface area contributed by atoms with Crippen molar-refractivity contribution in [1.82, 2.24) is 25.4 Å². The van der Waals surface area contributed by atoms with Gasteiger partial charge in [0.1, 0.15) is 5.82 Å². The van der Waals surface area contributed by atoms with Crippen LogP contribution in [0.5, 0.6) is 0 Å². The first kappa shape index (κ1) is 17.6. The van der Waals surface area contributed by atoms with Gasteiger partial charge in [-0.05, 0) is 46.7 Å². The zero-order valence-corrected chi connectivity index (χ0v) is 15.2. The molecule has 0 spiro atoms. The van der Waals surface area contributed by atoms with Crippen LogP contribution in [-0.4, -0.2) is 51.2 Å². The fraction of sp³-hybridized carbons (Fsp3) is 0.526. The number of hydrogen-bond donors (Lipinski definition) is 2. The Labute approximate surface area is 149 Å². The van der Waals surface area contributed by atoms with E-state index in [0.29, 0.717) is 5.92 Å². The topological polar surface area (TPSA) is 73.9 Å². The minimum absolute atomic E-state index is 0.0852. The molecule has 6 heteroatoms. The maximum Gasteiger partial charge on any atom is 0.237 e. The number of carbonyl (C=O) groups excluding carboxylic acids is 1. The van der Waals surface area contributed by atoms with Crippen molar-refractivity contribution in [1.29, 1.82) is 0 Å². The summed E-state index contributed by atoms with van der Waals surface area (Å²) in [5.41, 5.74) is 1.03. The molecule has 25 heavy (non-hydrogen) atoms. The number of hydrogen-bond acceptors (Lipinski definition) is 4. The van der Waals surface area contributed by atoms with Gasteiger partial charge in [0.25, 0.3) is 0 Å². The monoisotopic (exact) mass is 341 g/mol. The standard InChI is InChI=1S/C19H27N5O/c1-13(2)20-19(25)14(3)24-11-9-16(10-12-24)18-21-17(22-23-18)15-7-5-4-6-8-15/h4-8,13-14,16H,9-12H2,1-3H3,(H,20,25)(H,21,22,23)/t14-/m0/s1. The summed E-state index contributed by atoms with van der Waals surface area (Å²) < 4.78 is 0. The first-order valence-corrected chi connectivity index (χ1v) is 9.06. The summed E-state index contributed by atoms with van der Waals surface area (Å²) in [5.74, 6) is 2.20. The van der Waals surface area contributed by atoms with E-state index in [1.165, 1.54) is 0 Å². The molecule has 1 aliphatic rings. The van der Waals surface area contributed by atoms with E-state index in [1.807, 2.05) is 51.1 Å². The summed E-state index contributed by atoms with van der Waals surface area (Å²) in [6.45, 7) is 7.77. The van der Waals surface area contributed by atoms with Gasteiger partial charge in [0.05, 0.1) is 6.04 Å². The molecular weight excluding hydrogens is 314 g/mol. The number of piperidine rings is 1. The number of rotatable bonds is 5. The average molecular weight is 341 g/mol. The number of aromatic amines is 1. The quantitative estimate of drug-likeness (QED) is 0.876. The Morgan fingerprint density at radius 2 is 1.88 bits per heavy atom. The number of H-pyrrole nitrogens is 1. The Hall–Kier alpha value is -2.21. The number of benzene rings is 1. The van der Waals surface area contributed by atoms with Gasteiger partial charge in [0.2, 0.25) is 5.91 Å². The summed E-state index contributed by atoms with van der Waals surface area (Å²) in [6.07, 6.45) is 1.98. The van der Waals surface area contributed by atoms with Gasteiger partial charge in [0, 0.05) is 17.5 Å². The first-order valence-electron chi connectivity index (χ1n) is 9.06. The van der Waals surface area contributed by atoms with Gasteiger partial charge in [-0.25, -0.2) is 4.98 Å². The number of carbonyl (C=O) groups is 1. The van der Waals surface area contributed by atoms with Crippen LogP contribution >= 0.6 is 0 Å². The molecule has 1 fully saturated rings. The lowest BCUT2D eigenvalue weighted by molar-refractivity contribution is -0.126. The van der Waals surface area contributed by atoms with Gasteiger partial charge >= 0.3 is 0 Å². The highest BCUT2D eigenvalue weighted by atomic mass is 16.2. The third kappa shape index (κ3) is 4.25. The molecule has 6 nitrogen and oxygen atoms in total. The molecule has 1 saturated heterocycles. The number of likely N-dealkylation sites (tertiary alicyclic amines) is 1. The summed E-state index contributed by atoms with van der Waals surface area (Å²) >= 11 is 0. The summed E-state index contributed by atoms with van der Waals surface area (Å²) in [7, 11) is 0. The van der Waals surface area contributed by atoms with E-state index in [2.05, 4.69) is 25.4 Å². The molecule has 1 aliphatic heterocycles. The van der Waals surface area contributed by atoms with Crippen molar-refractivity contribution >= 4 is 5.91 Å². The smallest absolute Gasteiger partial charge is 0.237 e. The van der Waals surface area contributed by atoms with Crippen molar-refractivity contribution in [2.75, 3.05) is 13.1 Å². The van der Waals surface area contributed by atoms with Crippen LogP contribution < -0.4 is 5.32 Å². The van der Waals surface area contributed by atoms with Crippen LogP contribution in [0.4, 0.5) is 0 Å². The summed E-state index contributed by atoms with van der Waals surface area (Å²) in [6, 6.07) is 10.1. The number of amides is 1. The minimum Gasteiger partial charge on any atom is -0.353 e. The van der Waals surface area contributed by atoms with Crippen LogP contribution in [0.2, 0.25) is 0 Å². The van der Waals surface area contributed by atoms with Crippen LogP contribution in [0.25, 0.3) is 11.4 Å². The fourth-order valence-corrected chi connectivity index (χ4v) is 3.30. The first-order chi connectivity index (χ1) is 12.0. The Morgan fingerprint density at radius 3 is 2.52 bits per heavy atom. The third-order valence-corrected chi connectivity index (χ3v) is 4.81. The van der Waals surface area contributed by atoms with Crippen LogP contribution in [0, 0.1) is 0 Å².